The van der Waals surface area contributed by atoms with Gasteiger partial charge in [-0.3, -0.25) is 9.97 Å². The van der Waals surface area contributed by atoms with Crippen molar-refractivity contribution in [2.75, 3.05) is 0 Å². The molecule has 0 bridgehead atoms. The van der Waals surface area contributed by atoms with Crippen molar-refractivity contribution in [2.24, 2.45) is 0 Å². The predicted octanol–water partition coefficient (Wildman–Crippen LogP) is 12.8. The van der Waals surface area contributed by atoms with Gasteiger partial charge in [-0.05, 0) is 82.9 Å². The highest BCUT2D eigenvalue weighted by Gasteiger charge is 2.48. The highest BCUT2D eigenvalue weighted by atomic mass is 16.5. The molecule has 6 heteroatoms. The summed E-state index contributed by atoms with van der Waals surface area (Å²) in [6.07, 6.45) is 9.90. The molecular weight excluding hydrogens is 725 g/mol. The van der Waals surface area contributed by atoms with E-state index in [0.717, 1.165) is 106 Å². The zero-order valence-electron chi connectivity index (χ0n) is 31.6. The molecule has 5 heterocycles. The van der Waals surface area contributed by atoms with Gasteiger partial charge in [0.25, 0.3) is 0 Å². The van der Waals surface area contributed by atoms with E-state index in [1.54, 1.807) is 6.20 Å². The van der Waals surface area contributed by atoms with Gasteiger partial charge in [0.2, 0.25) is 0 Å². The molecule has 59 heavy (non-hydrogen) atoms. The fourth-order valence-electron chi connectivity index (χ4n) is 9.02. The van der Waals surface area contributed by atoms with Crippen LogP contribution in [0.3, 0.4) is 0 Å². The molecule has 4 aromatic heterocycles. The topological polar surface area (TPSA) is 73.9 Å². The summed E-state index contributed by atoms with van der Waals surface area (Å²) in [6, 6.07) is 56.7. The van der Waals surface area contributed by atoms with E-state index in [1.807, 2.05) is 73.1 Å². The van der Waals surface area contributed by atoms with Gasteiger partial charge in [0.1, 0.15) is 22.7 Å². The van der Waals surface area contributed by atoms with E-state index in [0.29, 0.717) is 5.82 Å². The zero-order valence-corrected chi connectivity index (χ0v) is 31.6. The van der Waals surface area contributed by atoms with E-state index in [4.69, 9.17) is 24.1 Å². The number of furan rings is 1. The average Bonchev–Trinajstić information content (AvgIpc) is 3.60. The zero-order chi connectivity index (χ0) is 38.9. The fourth-order valence-corrected chi connectivity index (χ4v) is 9.02. The van der Waals surface area contributed by atoms with Gasteiger partial charge >= 0.3 is 0 Å². The van der Waals surface area contributed by atoms with Crippen LogP contribution in [0.1, 0.15) is 33.4 Å². The number of benzene rings is 6. The number of hydrogen-bond donors (Lipinski definition) is 0. The van der Waals surface area contributed by atoms with Crippen LogP contribution in [-0.2, 0) is 5.41 Å². The van der Waals surface area contributed by atoms with Crippen molar-refractivity contribution >= 4 is 34.1 Å². The second-order valence-electron chi connectivity index (χ2n) is 15.0. The molecule has 1 atom stereocenters. The molecule has 0 saturated carbocycles. The molecular formula is C53H32N4O2. The van der Waals surface area contributed by atoms with Gasteiger partial charge in [-0.25, -0.2) is 9.97 Å². The summed E-state index contributed by atoms with van der Waals surface area (Å²) in [4.78, 5) is 19.5. The third-order valence-electron chi connectivity index (χ3n) is 11.7. The molecule has 1 aliphatic carbocycles. The highest BCUT2D eigenvalue weighted by Crippen LogP contribution is 2.59. The lowest BCUT2D eigenvalue weighted by molar-refractivity contribution is 0.435. The lowest BCUT2D eigenvalue weighted by atomic mass is 9.62. The summed E-state index contributed by atoms with van der Waals surface area (Å²) in [5.74, 6) is 2.21. The SMILES string of the molecule is C1=Cc2ccc(-c3cc(-c4ccccc4)nc(-c4ccc(-c5cccnc5)nc4)n3)cc2C2(c3ccccc31)c1ccccc1Oc1cc3c(cc12)oc1ccccc13. The summed E-state index contributed by atoms with van der Waals surface area (Å²) in [5, 5.41) is 2.08. The van der Waals surface area contributed by atoms with Crippen LogP contribution < -0.4 is 4.74 Å². The molecule has 0 N–H and O–H groups in total. The summed E-state index contributed by atoms with van der Waals surface area (Å²) >= 11 is 0. The first kappa shape index (κ1) is 33.2. The van der Waals surface area contributed by atoms with Crippen molar-refractivity contribution in [1.82, 2.24) is 19.9 Å². The first-order chi connectivity index (χ1) is 29.2. The van der Waals surface area contributed by atoms with Gasteiger partial charge < -0.3 is 9.15 Å². The number of rotatable bonds is 4. The van der Waals surface area contributed by atoms with E-state index < -0.39 is 5.41 Å². The molecule has 276 valence electrons. The van der Waals surface area contributed by atoms with E-state index >= 15 is 0 Å². The van der Waals surface area contributed by atoms with Gasteiger partial charge in [0.15, 0.2) is 5.82 Å². The van der Waals surface area contributed by atoms with Crippen LogP contribution in [0.25, 0.3) is 79.3 Å². The van der Waals surface area contributed by atoms with Crippen LogP contribution in [0.15, 0.2) is 187 Å². The molecule has 12 rings (SSSR count). The molecule has 1 aliphatic heterocycles. The maximum atomic E-state index is 6.89. The number of pyridine rings is 2. The standard InChI is InChI=1S/C53H32N4O2/c1-2-12-35(13-3-1)46-30-47(57-52(56-46)38-24-25-45(55-32-38)37-14-10-26-54-31-37)36-23-22-34-21-20-33-11-4-6-16-41(33)53(43(34)27-36)42-17-7-9-19-49(42)59-51-28-40-39-15-5-8-18-48(39)58-50(40)29-44(51)53/h1-32H. The molecule has 1 unspecified atom stereocenters. The Labute approximate surface area is 339 Å². The monoisotopic (exact) mass is 756 g/mol. The molecule has 0 radical (unpaired) electrons. The Hall–Kier alpha value is -7.96. The maximum Gasteiger partial charge on any atom is 0.161 e. The van der Waals surface area contributed by atoms with Crippen LogP contribution in [0.2, 0.25) is 0 Å². The molecule has 6 aromatic carbocycles. The van der Waals surface area contributed by atoms with Crippen LogP contribution in [0.4, 0.5) is 0 Å². The van der Waals surface area contributed by atoms with Crippen LogP contribution in [0.5, 0.6) is 11.5 Å². The molecule has 1 spiro atoms. The number of nitrogens with zero attached hydrogens (tertiary/aromatic N) is 4. The average molecular weight is 757 g/mol. The minimum absolute atomic E-state index is 0.593. The lowest BCUT2D eigenvalue weighted by Gasteiger charge is -2.42. The van der Waals surface area contributed by atoms with Gasteiger partial charge in [-0.1, -0.05) is 115 Å². The van der Waals surface area contributed by atoms with Crippen molar-refractivity contribution in [1.29, 1.82) is 0 Å². The van der Waals surface area contributed by atoms with Crippen LogP contribution in [0, 0.1) is 0 Å². The van der Waals surface area contributed by atoms with Crippen molar-refractivity contribution in [3.63, 3.8) is 0 Å². The number of ether oxygens (including phenoxy) is 1. The smallest absolute Gasteiger partial charge is 0.161 e. The largest absolute Gasteiger partial charge is 0.457 e. The summed E-state index contributed by atoms with van der Waals surface area (Å²) in [5.41, 5.74) is 13.7. The number of fused-ring (bicyclic) bond motifs is 11. The van der Waals surface area contributed by atoms with Crippen molar-refractivity contribution in [3.05, 3.63) is 216 Å². The number of hydrogen-bond acceptors (Lipinski definition) is 6. The van der Waals surface area contributed by atoms with Gasteiger partial charge in [0.05, 0.1) is 22.5 Å². The van der Waals surface area contributed by atoms with Crippen molar-refractivity contribution in [2.45, 2.75) is 5.41 Å². The molecule has 10 aromatic rings. The molecule has 2 aliphatic rings. The minimum atomic E-state index is -0.785. The maximum absolute atomic E-state index is 6.89. The summed E-state index contributed by atoms with van der Waals surface area (Å²) < 4.78 is 13.5. The second-order valence-corrected chi connectivity index (χ2v) is 15.0. The van der Waals surface area contributed by atoms with E-state index in [-0.39, 0.29) is 0 Å². The van der Waals surface area contributed by atoms with Crippen LogP contribution >= 0.6 is 0 Å². The predicted molar refractivity (Wildman–Crippen MR) is 234 cm³/mol. The summed E-state index contributed by atoms with van der Waals surface area (Å²) in [7, 11) is 0. The van der Waals surface area contributed by atoms with Gasteiger partial charge in [0, 0.05) is 62.7 Å². The van der Waals surface area contributed by atoms with E-state index in [9.17, 15) is 0 Å². The highest BCUT2D eigenvalue weighted by molar-refractivity contribution is 6.06. The normalized spacial score (nSPS) is 14.9. The molecule has 0 fully saturated rings. The quantitative estimate of drug-likeness (QED) is 0.178. The van der Waals surface area contributed by atoms with Crippen LogP contribution in [-0.4, -0.2) is 19.9 Å². The Morgan fingerprint density at radius 1 is 0.424 bits per heavy atom. The Kier molecular flexibility index (Phi) is 7.34. The third kappa shape index (κ3) is 5.20. The third-order valence-corrected chi connectivity index (χ3v) is 11.7. The molecule has 6 nitrogen and oxygen atoms in total. The summed E-state index contributed by atoms with van der Waals surface area (Å²) in [6.45, 7) is 0. The number of aromatic nitrogens is 4. The second kappa shape index (κ2) is 13.0. The Bertz CT molecular complexity index is 3300. The van der Waals surface area contributed by atoms with Gasteiger partial charge in [-0.2, -0.15) is 0 Å². The lowest BCUT2D eigenvalue weighted by Crippen LogP contribution is -2.35. The van der Waals surface area contributed by atoms with Crippen molar-refractivity contribution < 1.29 is 9.15 Å². The number of para-hydroxylation sites is 2. The van der Waals surface area contributed by atoms with E-state index in [2.05, 4.69) is 120 Å². The Morgan fingerprint density at radius 3 is 2.02 bits per heavy atom. The molecule has 0 saturated heterocycles. The van der Waals surface area contributed by atoms with Gasteiger partial charge in [-0.15, -0.1) is 0 Å². The van der Waals surface area contributed by atoms with Crippen molar-refractivity contribution in [3.8, 4) is 56.7 Å². The van der Waals surface area contributed by atoms with E-state index in [1.165, 1.54) is 0 Å². The first-order valence-corrected chi connectivity index (χ1v) is 19.7. The Balaban J connectivity index is 1.11. The molecule has 0 amide bonds. The fraction of sp³-hybridized carbons (Fsp3) is 0.0189. The minimum Gasteiger partial charge on any atom is -0.457 e. The Morgan fingerprint density at radius 2 is 1.17 bits per heavy atom. The first-order valence-electron chi connectivity index (χ1n) is 19.7.